The van der Waals surface area contributed by atoms with Crippen molar-refractivity contribution in [3.05, 3.63) is 60.0 Å². The molecule has 0 atom stereocenters. The van der Waals surface area contributed by atoms with Gasteiger partial charge >= 0.3 is 0 Å². The summed E-state index contributed by atoms with van der Waals surface area (Å²) in [5.41, 5.74) is 1.88. The first kappa shape index (κ1) is 16.3. The summed E-state index contributed by atoms with van der Waals surface area (Å²) in [5, 5.41) is 7.53. The first-order chi connectivity index (χ1) is 12.7. The largest absolute Gasteiger partial charge is 0.497 e. The molecule has 0 spiro atoms. The first-order valence-electron chi connectivity index (χ1n) is 8.53. The van der Waals surface area contributed by atoms with Crippen LogP contribution in [0.1, 0.15) is 30.0 Å². The van der Waals surface area contributed by atoms with E-state index >= 15 is 0 Å². The average molecular weight is 349 g/mol. The third-order valence-corrected chi connectivity index (χ3v) is 4.26. The number of nitrogens with one attached hydrogen (secondary N) is 1. The molecule has 0 aliphatic heterocycles. The molecule has 1 saturated carbocycles. The van der Waals surface area contributed by atoms with E-state index in [0.29, 0.717) is 17.7 Å². The second kappa shape index (κ2) is 6.95. The number of hydrogen-bond acceptors (Lipinski definition) is 5. The predicted molar refractivity (Wildman–Crippen MR) is 96.5 cm³/mol. The van der Waals surface area contributed by atoms with Crippen LogP contribution in [0.2, 0.25) is 0 Å². The molecule has 7 heteroatoms. The van der Waals surface area contributed by atoms with Gasteiger partial charge < -0.3 is 10.1 Å². The molecule has 1 amide bonds. The SMILES string of the molecule is COc1ccc(CC(=O)Nc2cc(C3CC3)nn2-c2ncccn2)cc1. The number of hydrogen-bond donors (Lipinski definition) is 1. The molecule has 0 radical (unpaired) electrons. The minimum absolute atomic E-state index is 0.116. The van der Waals surface area contributed by atoms with Crippen molar-refractivity contribution >= 4 is 11.7 Å². The number of rotatable bonds is 6. The fourth-order valence-corrected chi connectivity index (χ4v) is 2.74. The van der Waals surface area contributed by atoms with Crippen molar-refractivity contribution in [1.29, 1.82) is 0 Å². The van der Waals surface area contributed by atoms with Crippen LogP contribution in [0.15, 0.2) is 48.8 Å². The van der Waals surface area contributed by atoms with E-state index in [2.05, 4.69) is 20.4 Å². The van der Waals surface area contributed by atoms with Gasteiger partial charge in [-0.15, -0.1) is 0 Å². The Morgan fingerprint density at radius 1 is 1.23 bits per heavy atom. The number of nitrogens with zero attached hydrogens (tertiary/aromatic N) is 4. The lowest BCUT2D eigenvalue weighted by atomic mass is 10.1. The Morgan fingerprint density at radius 2 is 1.96 bits per heavy atom. The quantitative estimate of drug-likeness (QED) is 0.740. The number of benzene rings is 1. The highest BCUT2D eigenvalue weighted by Crippen LogP contribution is 2.40. The van der Waals surface area contributed by atoms with Crippen LogP contribution in [-0.2, 0) is 11.2 Å². The standard InChI is InChI=1S/C19H19N5O2/c1-26-15-7-3-13(4-8-15)11-18(25)22-17-12-16(14-5-6-14)23-24(17)19-20-9-2-10-21-19/h2-4,7-10,12,14H,5-6,11H2,1H3,(H,22,25). The zero-order valence-corrected chi connectivity index (χ0v) is 14.4. The molecule has 7 nitrogen and oxygen atoms in total. The fraction of sp³-hybridized carbons (Fsp3) is 0.263. The first-order valence-corrected chi connectivity index (χ1v) is 8.53. The van der Waals surface area contributed by atoms with Crippen molar-refractivity contribution < 1.29 is 9.53 Å². The van der Waals surface area contributed by atoms with Crippen LogP contribution in [0.5, 0.6) is 5.75 Å². The molecule has 0 bridgehead atoms. The summed E-state index contributed by atoms with van der Waals surface area (Å²) in [6.45, 7) is 0. The third-order valence-electron chi connectivity index (χ3n) is 4.26. The van der Waals surface area contributed by atoms with E-state index in [9.17, 15) is 4.79 Å². The van der Waals surface area contributed by atoms with Gasteiger partial charge in [0.2, 0.25) is 5.91 Å². The predicted octanol–water partition coefficient (Wildman–Crippen LogP) is 2.73. The summed E-state index contributed by atoms with van der Waals surface area (Å²) in [7, 11) is 1.62. The highest BCUT2D eigenvalue weighted by Gasteiger charge is 2.28. The van der Waals surface area contributed by atoms with Crippen LogP contribution in [0.4, 0.5) is 5.82 Å². The minimum atomic E-state index is -0.116. The Hall–Kier alpha value is -3.22. The Bertz CT molecular complexity index is 901. The van der Waals surface area contributed by atoms with E-state index in [0.717, 1.165) is 29.8 Å². The summed E-state index contributed by atoms with van der Waals surface area (Å²) in [4.78, 5) is 21.0. The normalized spacial score (nSPS) is 13.4. The Morgan fingerprint density at radius 3 is 2.62 bits per heavy atom. The highest BCUT2D eigenvalue weighted by atomic mass is 16.5. The topological polar surface area (TPSA) is 81.9 Å². The Labute approximate surface area is 151 Å². The Balaban J connectivity index is 1.53. The zero-order chi connectivity index (χ0) is 17.9. The number of anilines is 1. The molecular weight excluding hydrogens is 330 g/mol. The molecule has 2 aromatic heterocycles. The van der Waals surface area contributed by atoms with Crippen LogP contribution in [-0.4, -0.2) is 32.8 Å². The van der Waals surface area contributed by atoms with E-state index in [1.807, 2.05) is 30.3 Å². The van der Waals surface area contributed by atoms with Gasteiger partial charge in [0.1, 0.15) is 11.6 Å². The van der Waals surface area contributed by atoms with Gasteiger partial charge in [-0.3, -0.25) is 4.79 Å². The van der Waals surface area contributed by atoms with E-state index in [1.165, 1.54) is 0 Å². The summed E-state index contributed by atoms with van der Waals surface area (Å²) in [6, 6.07) is 11.1. The van der Waals surface area contributed by atoms with Gasteiger partial charge in [0, 0.05) is 24.4 Å². The van der Waals surface area contributed by atoms with Crippen LogP contribution < -0.4 is 10.1 Å². The number of methoxy groups -OCH3 is 1. The van der Waals surface area contributed by atoms with Gasteiger partial charge in [-0.1, -0.05) is 12.1 Å². The van der Waals surface area contributed by atoms with Crippen LogP contribution in [0, 0.1) is 0 Å². The van der Waals surface area contributed by atoms with Crippen molar-refractivity contribution in [3.8, 4) is 11.7 Å². The lowest BCUT2D eigenvalue weighted by Gasteiger charge is -2.08. The van der Waals surface area contributed by atoms with Gasteiger partial charge in [0.05, 0.1) is 19.2 Å². The molecule has 26 heavy (non-hydrogen) atoms. The summed E-state index contributed by atoms with van der Waals surface area (Å²) in [5.74, 6) is 2.16. The van der Waals surface area contributed by atoms with E-state index in [-0.39, 0.29) is 12.3 Å². The molecule has 132 valence electrons. The van der Waals surface area contributed by atoms with E-state index < -0.39 is 0 Å². The summed E-state index contributed by atoms with van der Waals surface area (Å²) in [6.07, 6.45) is 5.84. The number of aromatic nitrogens is 4. The highest BCUT2D eigenvalue weighted by molar-refractivity contribution is 5.91. The lowest BCUT2D eigenvalue weighted by molar-refractivity contribution is -0.115. The van der Waals surface area contributed by atoms with E-state index in [4.69, 9.17) is 4.74 Å². The van der Waals surface area contributed by atoms with Crippen LogP contribution in [0.3, 0.4) is 0 Å². The monoisotopic (exact) mass is 349 g/mol. The molecule has 1 aromatic carbocycles. The van der Waals surface area contributed by atoms with Gasteiger partial charge in [-0.05, 0) is 36.6 Å². The molecule has 1 fully saturated rings. The number of carbonyl (C=O) groups is 1. The average Bonchev–Trinajstić information content (AvgIpc) is 3.44. The smallest absolute Gasteiger partial charge is 0.252 e. The molecule has 4 rings (SSSR count). The fourth-order valence-electron chi connectivity index (χ4n) is 2.74. The maximum absolute atomic E-state index is 12.5. The molecule has 2 heterocycles. The van der Waals surface area contributed by atoms with Crippen LogP contribution >= 0.6 is 0 Å². The number of ether oxygens (including phenoxy) is 1. The zero-order valence-electron chi connectivity index (χ0n) is 14.4. The van der Waals surface area contributed by atoms with Crippen molar-refractivity contribution in [1.82, 2.24) is 19.7 Å². The number of amides is 1. The Kier molecular flexibility index (Phi) is 4.35. The molecule has 0 saturated heterocycles. The molecule has 0 unspecified atom stereocenters. The molecule has 1 aliphatic carbocycles. The van der Waals surface area contributed by atoms with Gasteiger partial charge in [-0.2, -0.15) is 9.78 Å². The molecule has 3 aromatic rings. The minimum Gasteiger partial charge on any atom is -0.497 e. The van der Waals surface area contributed by atoms with Crippen LogP contribution in [0.25, 0.3) is 5.95 Å². The second-order valence-electron chi connectivity index (χ2n) is 6.26. The van der Waals surface area contributed by atoms with Gasteiger partial charge in [-0.25, -0.2) is 9.97 Å². The van der Waals surface area contributed by atoms with Gasteiger partial charge in [0.15, 0.2) is 0 Å². The summed E-state index contributed by atoms with van der Waals surface area (Å²) >= 11 is 0. The second-order valence-corrected chi connectivity index (χ2v) is 6.26. The van der Waals surface area contributed by atoms with Crippen molar-refractivity contribution in [2.45, 2.75) is 25.2 Å². The van der Waals surface area contributed by atoms with E-state index in [1.54, 1.807) is 30.3 Å². The third kappa shape index (κ3) is 3.56. The molecule has 1 N–H and O–H groups in total. The number of carbonyl (C=O) groups excluding carboxylic acids is 1. The van der Waals surface area contributed by atoms with Crippen molar-refractivity contribution in [2.75, 3.05) is 12.4 Å². The molecule has 1 aliphatic rings. The maximum atomic E-state index is 12.5. The molecular formula is C19H19N5O2. The maximum Gasteiger partial charge on any atom is 0.252 e. The lowest BCUT2D eigenvalue weighted by Crippen LogP contribution is -2.17. The summed E-state index contributed by atoms with van der Waals surface area (Å²) < 4.78 is 6.74. The van der Waals surface area contributed by atoms with Gasteiger partial charge in [0.25, 0.3) is 5.95 Å². The van der Waals surface area contributed by atoms with Crippen molar-refractivity contribution in [2.24, 2.45) is 0 Å². The van der Waals surface area contributed by atoms with Crippen molar-refractivity contribution in [3.63, 3.8) is 0 Å².